The Morgan fingerprint density at radius 1 is 1.15 bits per heavy atom. The molecule has 0 radical (unpaired) electrons. The largest absolute Gasteiger partial charge is 0.489 e. The number of nitrogens with zero attached hydrogens (tertiary/aromatic N) is 3. The molecule has 10 heteroatoms. The summed E-state index contributed by atoms with van der Waals surface area (Å²) in [6.45, 7) is 6.44. The van der Waals surface area contributed by atoms with Crippen LogP contribution in [0.5, 0.6) is 5.75 Å². The first kappa shape index (κ1) is 23.2. The number of aromatic nitrogens is 2. The van der Waals surface area contributed by atoms with Crippen molar-refractivity contribution in [3.05, 3.63) is 64.0 Å². The lowest BCUT2D eigenvalue weighted by atomic mass is 10.1. The van der Waals surface area contributed by atoms with E-state index in [1.54, 1.807) is 38.1 Å². The smallest absolute Gasteiger partial charge is 0.419 e. The van der Waals surface area contributed by atoms with E-state index in [1.807, 2.05) is 0 Å². The minimum Gasteiger partial charge on any atom is -0.489 e. The lowest BCUT2D eigenvalue weighted by Crippen LogP contribution is -2.44. The summed E-state index contributed by atoms with van der Waals surface area (Å²) in [6.07, 6.45) is -5.40. The number of ether oxygens (including phenoxy) is 1. The van der Waals surface area contributed by atoms with Gasteiger partial charge in [-0.3, -0.25) is 14.3 Å². The molecule has 33 heavy (non-hydrogen) atoms. The van der Waals surface area contributed by atoms with Gasteiger partial charge in [0.25, 0.3) is 5.56 Å². The molecule has 1 fully saturated rings. The number of nitrogens with one attached hydrogen (secondary N) is 1. The Hall–Kier alpha value is -2.98. The van der Waals surface area contributed by atoms with E-state index in [9.17, 15) is 22.4 Å². The Labute approximate surface area is 187 Å². The third kappa shape index (κ3) is 4.86. The molecule has 1 N–H and O–H groups in total. The second-order valence-corrected chi connectivity index (χ2v) is 8.18. The van der Waals surface area contributed by atoms with Gasteiger partial charge in [-0.2, -0.15) is 13.2 Å². The van der Waals surface area contributed by atoms with Crippen molar-refractivity contribution in [3.8, 4) is 11.4 Å². The number of rotatable bonds is 5. The molecule has 0 unspecified atom stereocenters. The fraction of sp³-hybridized carbons (Fsp3) is 0.391. The van der Waals surface area contributed by atoms with E-state index in [0.717, 1.165) is 17.7 Å². The van der Waals surface area contributed by atoms with Crippen LogP contribution in [0.15, 0.2) is 41.2 Å². The molecule has 2 heterocycles. The molecule has 176 valence electrons. The SMILES string of the molecule is CC(C)Oc1cc(F)c(C(F)(F)F)cc1-n1c(CN2CCNCC2)nc2ccccc2c1=O. The van der Waals surface area contributed by atoms with E-state index < -0.39 is 29.2 Å². The van der Waals surface area contributed by atoms with E-state index in [0.29, 0.717) is 30.7 Å². The highest BCUT2D eigenvalue weighted by Gasteiger charge is 2.36. The van der Waals surface area contributed by atoms with Crippen LogP contribution in [-0.4, -0.2) is 46.7 Å². The fourth-order valence-corrected chi connectivity index (χ4v) is 3.89. The second-order valence-electron chi connectivity index (χ2n) is 8.18. The van der Waals surface area contributed by atoms with Gasteiger partial charge in [0.1, 0.15) is 17.4 Å². The summed E-state index contributed by atoms with van der Waals surface area (Å²) in [6, 6.07) is 7.96. The maximum Gasteiger partial charge on any atom is 0.419 e. The molecule has 2 aromatic carbocycles. The van der Waals surface area contributed by atoms with Crippen LogP contribution >= 0.6 is 0 Å². The number of hydrogen-bond acceptors (Lipinski definition) is 5. The third-order valence-electron chi connectivity index (χ3n) is 5.38. The highest BCUT2D eigenvalue weighted by atomic mass is 19.4. The molecule has 1 aliphatic heterocycles. The van der Waals surface area contributed by atoms with Crippen LogP contribution in [0.3, 0.4) is 0 Å². The zero-order chi connectivity index (χ0) is 23.8. The summed E-state index contributed by atoms with van der Waals surface area (Å²) < 4.78 is 61.9. The van der Waals surface area contributed by atoms with Gasteiger partial charge in [-0.15, -0.1) is 0 Å². The van der Waals surface area contributed by atoms with Crippen LogP contribution in [0, 0.1) is 5.82 Å². The Morgan fingerprint density at radius 3 is 2.52 bits per heavy atom. The average molecular weight is 464 g/mol. The van der Waals surface area contributed by atoms with E-state index in [4.69, 9.17) is 4.74 Å². The number of para-hydroxylation sites is 1. The summed E-state index contributed by atoms with van der Waals surface area (Å²) in [5.74, 6) is -1.36. The molecule has 1 saturated heterocycles. The lowest BCUT2D eigenvalue weighted by molar-refractivity contribution is -0.140. The minimum absolute atomic E-state index is 0.156. The molecular weight excluding hydrogens is 440 g/mol. The van der Waals surface area contributed by atoms with Gasteiger partial charge >= 0.3 is 6.18 Å². The summed E-state index contributed by atoms with van der Waals surface area (Å²) in [5.41, 5.74) is -1.76. The van der Waals surface area contributed by atoms with E-state index in [2.05, 4.69) is 15.2 Å². The van der Waals surface area contributed by atoms with Crippen molar-refractivity contribution in [1.29, 1.82) is 0 Å². The van der Waals surface area contributed by atoms with Gasteiger partial charge in [0.05, 0.1) is 34.8 Å². The van der Waals surface area contributed by atoms with Gasteiger partial charge in [0.15, 0.2) is 0 Å². The molecule has 6 nitrogen and oxygen atoms in total. The lowest BCUT2D eigenvalue weighted by Gasteiger charge is -2.28. The van der Waals surface area contributed by atoms with E-state index in [1.165, 1.54) is 0 Å². The number of benzene rings is 2. The molecule has 0 aliphatic carbocycles. The summed E-state index contributed by atoms with van der Waals surface area (Å²) in [5, 5.41) is 3.48. The molecule has 0 spiro atoms. The quantitative estimate of drug-likeness (QED) is 0.583. The maximum atomic E-state index is 14.4. The molecule has 0 bridgehead atoms. The van der Waals surface area contributed by atoms with Gasteiger partial charge in [0.2, 0.25) is 0 Å². The van der Waals surface area contributed by atoms with Crippen LogP contribution in [0.1, 0.15) is 25.2 Å². The molecule has 0 atom stereocenters. The predicted molar refractivity (Wildman–Crippen MR) is 116 cm³/mol. The highest BCUT2D eigenvalue weighted by molar-refractivity contribution is 5.78. The van der Waals surface area contributed by atoms with Crippen molar-refractivity contribution < 1.29 is 22.3 Å². The maximum absolute atomic E-state index is 14.4. The first-order valence-corrected chi connectivity index (χ1v) is 10.7. The molecule has 0 amide bonds. The van der Waals surface area contributed by atoms with Gasteiger partial charge in [-0.05, 0) is 32.0 Å². The fourth-order valence-electron chi connectivity index (χ4n) is 3.89. The van der Waals surface area contributed by atoms with Crippen molar-refractivity contribution in [2.75, 3.05) is 26.2 Å². The average Bonchev–Trinajstić information content (AvgIpc) is 2.74. The number of piperazine rings is 1. The van der Waals surface area contributed by atoms with Gasteiger partial charge in [-0.1, -0.05) is 12.1 Å². The van der Waals surface area contributed by atoms with Crippen LogP contribution in [0.2, 0.25) is 0 Å². The minimum atomic E-state index is -4.94. The van der Waals surface area contributed by atoms with Crippen LogP contribution in [0.25, 0.3) is 16.6 Å². The van der Waals surface area contributed by atoms with Crippen molar-refractivity contribution in [3.63, 3.8) is 0 Å². The van der Waals surface area contributed by atoms with E-state index >= 15 is 0 Å². The second kappa shape index (κ2) is 9.11. The van der Waals surface area contributed by atoms with Crippen molar-refractivity contribution in [1.82, 2.24) is 19.8 Å². The molecule has 4 rings (SSSR count). The molecular formula is C23H24F4N4O2. The first-order chi connectivity index (χ1) is 15.6. The number of hydrogen-bond donors (Lipinski definition) is 1. The normalized spacial score (nSPS) is 15.4. The summed E-state index contributed by atoms with van der Waals surface area (Å²) in [4.78, 5) is 20.2. The topological polar surface area (TPSA) is 59.4 Å². The van der Waals surface area contributed by atoms with Crippen LogP contribution in [-0.2, 0) is 12.7 Å². The third-order valence-corrected chi connectivity index (χ3v) is 5.38. The molecule has 1 aliphatic rings. The Morgan fingerprint density at radius 2 is 1.85 bits per heavy atom. The van der Waals surface area contributed by atoms with Crippen LogP contribution < -0.4 is 15.6 Å². The zero-order valence-corrected chi connectivity index (χ0v) is 18.2. The Balaban J connectivity index is 2.00. The van der Waals surface area contributed by atoms with Crippen LogP contribution in [0.4, 0.5) is 17.6 Å². The standard InChI is InChI=1S/C23H24F4N4O2/c1-14(2)33-20-12-17(24)16(23(25,26)27)11-19(20)31-21(13-30-9-7-28-8-10-30)29-18-6-4-3-5-15(18)22(31)32/h3-6,11-12,14,28H,7-10,13H2,1-2H3. The number of alkyl halides is 3. The predicted octanol–water partition coefficient (Wildman–Crippen LogP) is 3.74. The van der Waals surface area contributed by atoms with Crippen molar-refractivity contribution in [2.24, 2.45) is 0 Å². The number of halogens is 4. The van der Waals surface area contributed by atoms with Gasteiger partial charge in [-0.25, -0.2) is 9.37 Å². The molecule has 1 aromatic heterocycles. The molecule has 0 saturated carbocycles. The monoisotopic (exact) mass is 464 g/mol. The highest BCUT2D eigenvalue weighted by Crippen LogP contribution is 2.37. The van der Waals surface area contributed by atoms with Crippen molar-refractivity contribution >= 4 is 10.9 Å². The Bertz CT molecular complexity index is 1220. The van der Waals surface area contributed by atoms with Gasteiger partial charge < -0.3 is 10.1 Å². The van der Waals surface area contributed by atoms with Gasteiger partial charge in [0, 0.05) is 32.2 Å². The summed E-state index contributed by atoms with van der Waals surface area (Å²) >= 11 is 0. The van der Waals surface area contributed by atoms with E-state index in [-0.39, 0.29) is 29.2 Å². The summed E-state index contributed by atoms with van der Waals surface area (Å²) in [7, 11) is 0. The zero-order valence-electron chi connectivity index (χ0n) is 18.2. The van der Waals surface area contributed by atoms with Crippen molar-refractivity contribution in [2.45, 2.75) is 32.7 Å². The number of fused-ring (bicyclic) bond motifs is 1. The first-order valence-electron chi connectivity index (χ1n) is 10.7. The Kier molecular flexibility index (Phi) is 6.40. The molecule has 3 aromatic rings.